The molecule has 2 rings (SSSR count). The zero-order chi connectivity index (χ0) is 7.84. The lowest BCUT2D eigenvalue weighted by Crippen LogP contribution is -2.35. The highest BCUT2D eigenvalue weighted by Gasteiger charge is 2.12. The molecule has 2 heteroatoms. The van der Waals surface area contributed by atoms with Crippen LogP contribution >= 0.6 is 0 Å². The lowest BCUT2D eigenvalue weighted by molar-refractivity contribution is 0.417. The molecule has 0 unspecified atom stereocenters. The molecule has 0 amide bonds. The molecule has 0 spiro atoms. The number of aryl methyl sites for hydroxylation is 1. The number of fused-ring (bicyclic) bond motifs is 1. The number of aromatic nitrogens is 1. The molecule has 0 radical (unpaired) electrons. The zero-order valence-corrected chi connectivity index (χ0v) is 7.09. The van der Waals surface area contributed by atoms with Gasteiger partial charge in [-0.1, -0.05) is 0 Å². The van der Waals surface area contributed by atoms with Crippen LogP contribution in [-0.2, 0) is 13.1 Å². The molecule has 1 aromatic rings. The van der Waals surface area contributed by atoms with Crippen molar-refractivity contribution in [2.45, 2.75) is 33.0 Å². The Morgan fingerprint density at radius 1 is 1.64 bits per heavy atom. The fourth-order valence-corrected chi connectivity index (χ4v) is 1.67. The first kappa shape index (κ1) is 6.92. The summed E-state index contributed by atoms with van der Waals surface area (Å²) < 4.78 is 2.34. The smallest absolute Gasteiger partial charge is 0.0374 e. The van der Waals surface area contributed by atoms with Crippen molar-refractivity contribution in [3.05, 3.63) is 23.5 Å². The summed E-state index contributed by atoms with van der Waals surface area (Å²) in [6, 6.07) is 2.87. The Hall–Kier alpha value is -0.760. The minimum absolute atomic E-state index is 0.620. The van der Waals surface area contributed by atoms with Gasteiger partial charge in [-0.05, 0) is 25.5 Å². The van der Waals surface area contributed by atoms with Gasteiger partial charge in [0, 0.05) is 31.0 Å². The molecule has 1 aromatic heterocycles. The van der Waals surface area contributed by atoms with Gasteiger partial charge in [0.25, 0.3) is 0 Å². The second-order valence-electron chi connectivity index (χ2n) is 3.44. The van der Waals surface area contributed by atoms with E-state index >= 15 is 0 Å². The zero-order valence-electron chi connectivity index (χ0n) is 7.09. The van der Waals surface area contributed by atoms with Crippen molar-refractivity contribution < 1.29 is 0 Å². The molecule has 1 N–H and O–H groups in total. The first-order valence-electron chi connectivity index (χ1n) is 4.15. The van der Waals surface area contributed by atoms with Crippen LogP contribution in [0.25, 0.3) is 0 Å². The molecular formula is C9H14N2. The summed E-state index contributed by atoms with van der Waals surface area (Å²) in [5.41, 5.74) is 2.79. The van der Waals surface area contributed by atoms with E-state index in [4.69, 9.17) is 0 Å². The van der Waals surface area contributed by atoms with Gasteiger partial charge in [0.2, 0.25) is 0 Å². The van der Waals surface area contributed by atoms with E-state index < -0.39 is 0 Å². The van der Waals surface area contributed by atoms with Crippen LogP contribution in [0.5, 0.6) is 0 Å². The molecule has 2 nitrogen and oxygen atoms in total. The van der Waals surface area contributed by atoms with Crippen molar-refractivity contribution in [1.29, 1.82) is 0 Å². The highest BCUT2D eigenvalue weighted by molar-refractivity contribution is 5.18. The predicted octanol–water partition coefficient (Wildman–Crippen LogP) is 1.29. The molecule has 60 valence electrons. The van der Waals surface area contributed by atoms with Gasteiger partial charge in [0.1, 0.15) is 0 Å². The third kappa shape index (κ3) is 1.18. The Balaban J connectivity index is 2.34. The van der Waals surface area contributed by atoms with E-state index in [1.165, 1.54) is 11.3 Å². The standard InChI is InChI=1S/C9H14N2/c1-7-3-9-4-10-8(2)6-11(9)5-7/h3,5,8,10H,4,6H2,1-2H3/t8-/m0/s1. The van der Waals surface area contributed by atoms with Crippen molar-refractivity contribution in [1.82, 2.24) is 9.88 Å². The quantitative estimate of drug-likeness (QED) is 0.589. The van der Waals surface area contributed by atoms with Crippen molar-refractivity contribution in [3.8, 4) is 0 Å². The van der Waals surface area contributed by atoms with Gasteiger partial charge in [-0.15, -0.1) is 0 Å². The monoisotopic (exact) mass is 150 g/mol. The molecule has 0 bridgehead atoms. The lowest BCUT2D eigenvalue weighted by atomic mass is 10.2. The fraction of sp³-hybridized carbons (Fsp3) is 0.556. The summed E-state index contributed by atoms with van der Waals surface area (Å²) in [5.74, 6) is 0. The highest BCUT2D eigenvalue weighted by atomic mass is 15.1. The first-order chi connectivity index (χ1) is 5.25. The summed E-state index contributed by atoms with van der Waals surface area (Å²) in [4.78, 5) is 0. The Bertz CT molecular complexity index is 263. The normalized spacial score (nSPS) is 23.3. The largest absolute Gasteiger partial charge is 0.348 e. The van der Waals surface area contributed by atoms with Crippen LogP contribution < -0.4 is 5.32 Å². The van der Waals surface area contributed by atoms with Crippen LogP contribution in [0.2, 0.25) is 0 Å². The van der Waals surface area contributed by atoms with E-state index in [2.05, 4.69) is 36.0 Å². The molecule has 0 saturated heterocycles. The maximum Gasteiger partial charge on any atom is 0.0374 e. The van der Waals surface area contributed by atoms with Crippen molar-refractivity contribution in [3.63, 3.8) is 0 Å². The van der Waals surface area contributed by atoms with E-state index in [1.54, 1.807) is 0 Å². The molecule has 0 aliphatic carbocycles. The van der Waals surface area contributed by atoms with E-state index in [1.807, 2.05) is 0 Å². The summed E-state index contributed by atoms with van der Waals surface area (Å²) in [5, 5.41) is 3.43. The molecule has 1 atom stereocenters. The van der Waals surface area contributed by atoms with E-state index in [9.17, 15) is 0 Å². The average molecular weight is 150 g/mol. The maximum absolute atomic E-state index is 3.43. The van der Waals surface area contributed by atoms with Crippen molar-refractivity contribution in [2.75, 3.05) is 0 Å². The highest BCUT2D eigenvalue weighted by Crippen LogP contribution is 2.12. The second-order valence-corrected chi connectivity index (χ2v) is 3.44. The Kier molecular flexibility index (Phi) is 1.50. The topological polar surface area (TPSA) is 17.0 Å². The van der Waals surface area contributed by atoms with Gasteiger partial charge >= 0.3 is 0 Å². The summed E-state index contributed by atoms with van der Waals surface area (Å²) >= 11 is 0. The fourth-order valence-electron chi connectivity index (χ4n) is 1.67. The molecule has 1 aliphatic heterocycles. The number of hydrogen-bond donors (Lipinski definition) is 1. The molecule has 1 aliphatic rings. The Morgan fingerprint density at radius 2 is 2.45 bits per heavy atom. The number of nitrogens with zero attached hydrogens (tertiary/aromatic N) is 1. The van der Waals surface area contributed by atoms with Gasteiger partial charge in [-0.3, -0.25) is 0 Å². The number of rotatable bonds is 0. The third-order valence-corrected chi connectivity index (χ3v) is 2.22. The Labute approximate surface area is 67.2 Å². The predicted molar refractivity (Wildman–Crippen MR) is 45.5 cm³/mol. The minimum Gasteiger partial charge on any atom is -0.348 e. The van der Waals surface area contributed by atoms with Crippen molar-refractivity contribution in [2.24, 2.45) is 0 Å². The molecule has 0 aromatic carbocycles. The Morgan fingerprint density at radius 3 is 3.27 bits per heavy atom. The number of hydrogen-bond acceptors (Lipinski definition) is 1. The average Bonchev–Trinajstić information content (AvgIpc) is 2.27. The van der Waals surface area contributed by atoms with Gasteiger partial charge in [0.05, 0.1) is 0 Å². The van der Waals surface area contributed by atoms with Crippen LogP contribution in [-0.4, -0.2) is 10.6 Å². The number of nitrogens with one attached hydrogen (secondary N) is 1. The summed E-state index contributed by atoms with van der Waals surface area (Å²) in [7, 11) is 0. The van der Waals surface area contributed by atoms with Crippen LogP contribution in [0, 0.1) is 6.92 Å². The van der Waals surface area contributed by atoms with Gasteiger partial charge < -0.3 is 9.88 Å². The lowest BCUT2D eigenvalue weighted by Gasteiger charge is -2.22. The SMILES string of the molecule is Cc1cc2n(c1)C[C@H](C)NC2. The maximum atomic E-state index is 3.43. The van der Waals surface area contributed by atoms with Gasteiger partial charge in [0.15, 0.2) is 0 Å². The van der Waals surface area contributed by atoms with Crippen LogP contribution in [0.15, 0.2) is 12.3 Å². The summed E-state index contributed by atoms with van der Waals surface area (Å²) in [6.45, 7) is 6.51. The van der Waals surface area contributed by atoms with Crippen LogP contribution in [0.4, 0.5) is 0 Å². The summed E-state index contributed by atoms with van der Waals surface area (Å²) in [6.07, 6.45) is 2.23. The minimum atomic E-state index is 0.620. The van der Waals surface area contributed by atoms with E-state index in [0.29, 0.717) is 6.04 Å². The van der Waals surface area contributed by atoms with Crippen LogP contribution in [0.1, 0.15) is 18.2 Å². The molecule has 0 saturated carbocycles. The second kappa shape index (κ2) is 2.38. The third-order valence-electron chi connectivity index (χ3n) is 2.22. The molecule has 11 heavy (non-hydrogen) atoms. The van der Waals surface area contributed by atoms with E-state index in [0.717, 1.165) is 13.1 Å². The van der Waals surface area contributed by atoms with Crippen molar-refractivity contribution >= 4 is 0 Å². The van der Waals surface area contributed by atoms with E-state index in [-0.39, 0.29) is 0 Å². The molecule has 2 heterocycles. The molecular weight excluding hydrogens is 136 g/mol. The van der Waals surface area contributed by atoms with Gasteiger partial charge in [-0.2, -0.15) is 0 Å². The molecule has 0 fully saturated rings. The van der Waals surface area contributed by atoms with Crippen LogP contribution in [0.3, 0.4) is 0 Å². The van der Waals surface area contributed by atoms with Gasteiger partial charge in [-0.25, -0.2) is 0 Å². The first-order valence-corrected chi connectivity index (χ1v) is 4.15.